The van der Waals surface area contributed by atoms with E-state index in [0.29, 0.717) is 36.2 Å². The molecule has 0 amide bonds. The van der Waals surface area contributed by atoms with Gasteiger partial charge in [0.15, 0.2) is 23.0 Å². The maximum absolute atomic E-state index is 6.42. The van der Waals surface area contributed by atoms with Gasteiger partial charge in [0.1, 0.15) is 0 Å². The molecule has 5 nitrogen and oxygen atoms in total. The molecule has 0 aliphatic heterocycles. The van der Waals surface area contributed by atoms with E-state index < -0.39 is 0 Å². The van der Waals surface area contributed by atoms with E-state index in [-0.39, 0.29) is 0 Å². The second kappa shape index (κ2) is 14.9. The number of rotatable bonds is 16. The molecule has 6 heteroatoms. The van der Waals surface area contributed by atoms with Gasteiger partial charge in [-0.2, -0.15) is 0 Å². The average Bonchev–Trinajstić information content (AvgIpc) is 2.81. The topological polar surface area (TPSA) is 49.0 Å². The number of hydrogen-bond donors (Lipinski definition) is 1. The molecule has 32 heavy (non-hydrogen) atoms. The van der Waals surface area contributed by atoms with Crippen LogP contribution in [0.5, 0.6) is 23.0 Å². The van der Waals surface area contributed by atoms with Crippen LogP contribution in [0.15, 0.2) is 30.3 Å². The average molecular weight is 464 g/mol. The highest BCUT2D eigenvalue weighted by atomic mass is 35.5. The largest absolute Gasteiger partial charge is 0.493 e. The number of halogens is 1. The first kappa shape index (κ1) is 26.1. The molecule has 0 radical (unpaired) electrons. The number of nitrogens with one attached hydrogen (secondary N) is 1. The molecular weight excluding hydrogens is 426 g/mol. The minimum Gasteiger partial charge on any atom is -0.493 e. The maximum Gasteiger partial charge on any atom is 0.165 e. The van der Waals surface area contributed by atoms with Gasteiger partial charge >= 0.3 is 0 Å². The highest BCUT2D eigenvalue weighted by Crippen LogP contribution is 2.34. The molecule has 1 N–H and O–H groups in total. The fraction of sp³-hybridized carbons (Fsp3) is 0.538. The zero-order valence-corrected chi connectivity index (χ0v) is 20.7. The molecule has 178 valence electrons. The van der Waals surface area contributed by atoms with Gasteiger partial charge in [-0.25, -0.2) is 0 Å². The SMILES string of the molecule is CCCCCCCCCOc1c(CNCc2cc(OC)c(OC)cc2Cl)cccc1OC. The molecule has 0 fully saturated rings. The lowest BCUT2D eigenvalue weighted by Crippen LogP contribution is -2.14. The number of ether oxygens (including phenoxy) is 4. The molecule has 0 aliphatic rings. The van der Waals surface area contributed by atoms with Gasteiger partial charge in [0, 0.05) is 29.7 Å². The van der Waals surface area contributed by atoms with Gasteiger partial charge in [0.25, 0.3) is 0 Å². The van der Waals surface area contributed by atoms with Crippen LogP contribution in [-0.4, -0.2) is 27.9 Å². The van der Waals surface area contributed by atoms with Gasteiger partial charge in [0.05, 0.1) is 27.9 Å². The van der Waals surface area contributed by atoms with E-state index in [0.717, 1.165) is 29.0 Å². The minimum atomic E-state index is 0.591. The molecule has 0 saturated heterocycles. The molecule has 0 unspecified atom stereocenters. The summed E-state index contributed by atoms with van der Waals surface area (Å²) >= 11 is 6.42. The Kier molecular flexibility index (Phi) is 12.1. The van der Waals surface area contributed by atoms with Crippen LogP contribution < -0.4 is 24.3 Å². The third-order valence-corrected chi connectivity index (χ3v) is 5.81. The summed E-state index contributed by atoms with van der Waals surface area (Å²) in [5.41, 5.74) is 2.00. The molecular formula is C26H38ClNO4. The van der Waals surface area contributed by atoms with E-state index in [1.54, 1.807) is 27.4 Å². The number of para-hydroxylation sites is 1. The predicted octanol–water partition coefficient (Wildman–Crippen LogP) is 6.79. The Balaban J connectivity index is 1.92. The first-order valence-corrected chi connectivity index (χ1v) is 11.9. The summed E-state index contributed by atoms with van der Waals surface area (Å²) in [7, 11) is 4.90. The molecule has 0 aliphatic carbocycles. The molecule has 0 saturated carbocycles. The maximum atomic E-state index is 6.42. The summed E-state index contributed by atoms with van der Waals surface area (Å²) in [6, 6.07) is 9.66. The summed E-state index contributed by atoms with van der Waals surface area (Å²) in [4.78, 5) is 0. The quantitative estimate of drug-likeness (QED) is 0.278. The lowest BCUT2D eigenvalue weighted by molar-refractivity contribution is 0.281. The van der Waals surface area contributed by atoms with Crippen LogP contribution in [0.3, 0.4) is 0 Å². The van der Waals surface area contributed by atoms with E-state index in [1.807, 2.05) is 18.2 Å². The van der Waals surface area contributed by atoms with Crippen molar-refractivity contribution in [2.75, 3.05) is 27.9 Å². The van der Waals surface area contributed by atoms with Gasteiger partial charge < -0.3 is 24.3 Å². The smallest absolute Gasteiger partial charge is 0.165 e. The van der Waals surface area contributed by atoms with Crippen LogP contribution >= 0.6 is 11.6 Å². The second-order valence-electron chi connectivity index (χ2n) is 7.82. The summed E-state index contributed by atoms with van der Waals surface area (Å²) in [5.74, 6) is 2.85. The second-order valence-corrected chi connectivity index (χ2v) is 8.23. The molecule has 0 atom stereocenters. The fourth-order valence-corrected chi connectivity index (χ4v) is 3.84. The highest BCUT2D eigenvalue weighted by Gasteiger charge is 2.12. The molecule has 0 heterocycles. The van der Waals surface area contributed by atoms with Crippen molar-refractivity contribution < 1.29 is 18.9 Å². The Morgan fingerprint density at radius 1 is 0.750 bits per heavy atom. The Hall–Kier alpha value is -2.11. The summed E-state index contributed by atoms with van der Waals surface area (Å²) in [5, 5.41) is 4.09. The Morgan fingerprint density at radius 2 is 1.38 bits per heavy atom. The van der Waals surface area contributed by atoms with Crippen molar-refractivity contribution in [1.29, 1.82) is 0 Å². The number of methoxy groups -OCH3 is 3. The van der Waals surface area contributed by atoms with Crippen molar-refractivity contribution in [3.05, 3.63) is 46.5 Å². The Bertz CT molecular complexity index is 813. The van der Waals surface area contributed by atoms with Gasteiger partial charge in [-0.1, -0.05) is 69.2 Å². The van der Waals surface area contributed by atoms with Crippen LogP contribution in [0.2, 0.25) is 5.02 Å². The van der Waals surface area contributed by atoms with Crippen LogP contribution in [0.4, 0.5) is 0 Å². The molecule has 0 bridgehead atoms. The van der Waals surface area contributed by atoms with Crippen LogP contribution in [0, 0.1) is 0 Å². The van der Waals surface area contributed by atoms with E-state index in [2.05, 4.69) is 18.3 Å². The number of unbranched alkanes of at least 4 members (excludes halogenated alkanes) is 6. The van der Waals surface area contributed by atoms with Crippen molar-refractivity contribution in [2.24, 2.45) is 0 Å². The Labute approximate surface area is 198 Å². The summed E-state index contributed by atoms with van der Waals surface area (Å²) in [6.45, 7) is 4.17. The Morgan fingerprint density at radius 3 is 2.06 bits per heavy atom. The zero-order chi connectivity index (χ0) is 23.2. The third-order valence-electron chi connectivity index (χ3n) is 5.46. The fourth-order valence-electron chi connectivity index (χ4n) is 3.62. The van der Waals surface area contributed by atoms with Crippen molar-refractivity contribution >= 4 is 11.6 Å². The van der Waals surface area contributed by atoms with Gasteiger partial charge in [-0.15, -0.1) is 0 Å². The third kappa shape index (κ3) is 8.10. The first-order valence-electron chi connectivity index (χ1n) is 11.5. The van der Waals surface area contributed by atoms with Crippen molar-refractivity contribution in [2.45, 2.75) is 65.0 Å². The first-order chi connectivity index (χ1) is 15.6. The molecule has 2 rings (SSSR count). The van der Waals surface area contributed by atoms with Crippen molar-refractivity contribution in [1.82, 2.24) is 5.32 Å². The highest BCUT2D eigenvalue weighted by molar-refractivity contribution is 6.31. The molecule has 0 spiro atoms. The van der Waals surface area contributed by atoms with Gasteiger partial charge in [-0.05, 0) is 24.1 Å². The van der Waals surface area contributed by atoms with E-state index in [4.69, 9.17) is 30.5 Å². The minimum absolute atomic E-state index is 0.591. The van der Waals surface area contributed by atoms with E-state index in [9.17, 15) is 0 Å². The lowest BCUT2D eigenvalue weighted by Gasteiger charge is -2.16. The van der Waals surface area contributed by atoms with Crippen LogP contribution in [0.25, 0.3) is 0 Å². The molecule has 2 aromatic rings. The summed E-state index contributed by atoms with van der Waals surface area (Å²) in [6.07, 6.45) is 8.80. The summed E-state index contributed by atoms with van der Waals surface area (Å²) < 4.78 is 22.4. The van der Waals surface area contributed by atoms with Crippen molar-refractivity contribution in [3.8, 4) is 23.0 Å². The molecule has 0 aromatic heterocycles. The van der Waals surface area contributed by atoms with Crippen LogP contribution in [0.1, 0.15) is 63.0 Å². The van der Waals surface area contributed by atoms with Gasteiger partial charge in [0.2, 0.25) is 0 Å². The van der Waals surface area contributed by atoms with Crippen molar-refractivity contribution in [3.63, 3.8) is 0 Å². The normalized spacial score (nSPS) is 10.8. The predicted molar refractivity (Wildman–Crippen MR) is 132 cm³/mol. The zero-order valence-electron chi connectivity index (χ0n) is 20.0. The van der Waals surface area contributed by atoms with E-state index in [1.165, 1.54) is 38.5 Å². The van der Waals surface area contributed by atoms with Crippen LogP contribution in [-0.2, 0) is 13.1 Å². The standard InChI is InChI=1S/C26H38ClNO4/c1-5-6-7-8-9-10-11-15-32-26-20(13-12-14-23(26)29-2)18-28-19-21-16-24(30-3)25(31-4)17-22(21)27/h12-14,16-17,28H,5-11,15,18-19H2,1-4H3. The number of hydrogen-bond acceptors (Lipinski definition) is 5. The van der Waals surface area contributed by atoms with E-state index >= 15 is 0 Å². The number of benzene rings is 2. The monoisotopic (exact) mass is 463 g/mol. The van der Waals surface area contributed by atoms with Gasteiger partial charge in [-0.3, -0.25) is 0 Å². The lowest BCUT2D eigenvalue weighted by atomic mass is 10.1. The molecule has 2 aromatic carbocycles.